The van der Waals surface area contributed by atoms with Gasteiger partial charge in [-0.2, -0.15) is 5.10 Å². The van der Waals surface area contributed by atoms with Crippen molar-refractivity contribution in [1.82, 2.24) is 9.78 Å². The van der Waals surface area contributed by atoms with Gasteiger partial charge in [-0.15, -0.1) is 0 Å². The third-order valence-electron chi connectivity index (χ3n) is 3.65. The summed E-state index contributed by atoms with van der Waals surface area (Å²) in [5.74, 6) is -1.45. The van der Waals surface area contributed by atoms with Crippen LogP contribution in [0.3, 0.4) is 0 Å². The van der Waals surface area contributed by atoms with Gasteiger partial charge in [0.2, 0.25) is 5.91 Å². The SMILES string of the molecule is CC(=O)c1ccc(Cn2ccc(NC(=O)C=Cc3cc(F)c(Cl)c(F)c3)n2)o1. The Morgan fingerprint density at radius 2 is 1.96 bits per heavy atom. The number of anilines is 1. The summed E-state index contributed by atoms with van der Waals surface area (Å²) in [5.41, 5.74) is 0.152. The van der Waals surface area contributed by atoms with E-state index in [1.165, 1.54) is 17.7 Å². The lowest BCUT2D eigenvalue weighted by Gasteiger charge is -2.00. The molecule has 0 atom stereocenters. The summed E-state index contributed by atoms with van der Waals surface area (Å²) in [4.78, 5) is 23.2. The fourth-order valence-electron chi connectivity index (χ4n) is 2.34. The van der Waals surface area contributed by atoms with E-state index in [4.69, 9.17) is 16.0 Å². The van der Waals surface area contributed by atoms with Crippen molar-refractivity contribution < 1.29 is 22.8 Å². The van der Waals surface area contributed by atoms with E-state index in [9.17, 15) is 18.4 Å². The highest BCUT2D eigenvalue weighted by Crippen LogP contribution is 2.21. The molecule has 3 rings (SSSR count). The van der Waals surface area contributed by atoms with E-state index in [1.807, 2.05) is 0 Å². The van der Waals surface area contributed by atoms with Gasteiger partial charge in [0.05, 0.1) is 6.54 Å². The topological polar surface area (TPSA) is 77.1 Å². The van der Waals surface area contributed by atoms with Gasteiger partial charge in [0.1, 0.15) is 22.4 Å². The van der Waals surface area contributed by atoms with Gasteiger partial charge in [-0.05, 0) is 35.9 Å². The Balaban J connectivity index is 1.61. The number of aromatic nitrogens is 2. The number of hydrogen-bond donors (Lipinski definition) is 1. The molecule has 9 heteroatoms. The van der Waals surface area contributed by atoms with Crippen LogP contribution >= 0.6 is 11.6 Å². The number of halogens is 3. The number of ketones is 1. The molecule has 0 spiro atoms. The van der Waals surface area contributed by atoms with E-state index >= 15 is 0 Å². The van der Waals surface area contributed by atoms with Crippen LogP contribution in [-0.4, -0.2) is 21.5 Å². The van der Waals surface area contributed by atoms with Crippen molar-refractivity contribution in [3.8, 4) is 0 Å². The number of amides is 1. The monoisotopic (exact) mass is 405 g/mol. The Bertz CT molecular complexity index is 1050. The van der Waals surface area contributed by atoms with Crippen molar-refractivity contribution in [3.63, 3.8) is 0 Å². The summed E-state index contributed by atoms with van der Waals surface area (Å²) >= 11 is 5.41. The first kappa shape index (κ1) is 19.5. The minimum atomic E-state index is -0.911. The van der Waals surface area contributed by atoms with E-state index in [-0.39, 0.29) is 29.5 Å². The van der Waals surface area contributed by atoms with Gasteiger partial charge in [-0.3, -0.25) is 14.3 Å². The molecule has 0 saturated carbocycles. The number of furan rings is 1. The average Bonchev–Trinajstić information content (AvgIpc) is 3.28. The zero-order chi connectivity index (χ0) is 20.3. The van der Waals surface area contributed by atoms with Gasteiger partial charge in [-0.25, -0.2) is 8.78 Å². The third-order valence-corrected chi connectivity index (χ3v) is 4.01. The smallest absolute Gasteiger partial charge is 0.249 e. The van der Waals surface area contributed by atoms with Crippen LogP contribution in [-0.2, 0) is 11.3 Å². The molecule has 1 aromatic carbocycles. The molecule has 0 aliphatic carbocycles. The summed E-state index contributed by atoms with van der Waals surface area (Å²) in [6.45, 7) is 1.69. The number of rotatable bonds is 6. The molecule has 6 nitrogen and oxygen atoms in total. The summed E-state index contributed by atoms with van der Waals surface area (Å²) in [6.07, 6.45) is 3.99. The highest BCUT2D eigenvalue weighted by molar-refractivity contribution is 6.30. The highest BCUT2D eigenvalue weighted by Gasteiger charge is 2.09. The maximum Gasteiger partial charge on any atom is 0.249 e. The number of nitrogens with one attached hydrogen (secondary N) is 1. The van der Waals surface area contributed by atoms with Crippen molar-refractivity contribution in [1.29, 1.82) is 0 Å². The van der Waals surface area contributed by atoms with Crippen LogP contribution in [0, 0.1) is 11.6 Å². The maximum absolute atomic E-state index is 13.4. The average molecular weight is 406 g/mol. The molecular formula is C19H14ClF2N3O3. The first-order valence-corrected chi connectivity index (χ1v) is 8.46. The Hall–Kier alpha value is -3.26. The van der Waals surface area contributed by atoms with Gasteiger partial charge >= 0.3 is 0 Å². The molecule has 0 aliphatic heterocycles. The predicted molar refractivity (Wildman–Crippen MR) is 99.1 cm³/mol. The zero-order valence-electron chi connectivity index (χ0n) is 14.6. The second-order valence-electron chi connectivity index (χ2n) is 5.84. The lowest BCUT2D eigenvalue weighted by atomic mass is 10.2. The largest absolute Gasteiger partial charge is 0.456 e. The van der Waals surface area contributed by atoms with Crippen LogP contribution in [0.2, 0.25) is 5.02 Å². The normalized spacial score (nSPS) is 11.1. The Labute approximate surface area is 163 Å². The van der Waals surface area contributed by atoms with Crippen molar-refractivity contribution in [3.05, 3.63) is 76.3 Å². The third kappa shape index (κ3) is 4.72. The standard InChI is InChI=1S/C19H14ClF2N3O3/c1-11(26)16-4-3-13(28-16)10-25-7-6-17(24-25)23-18(27)5-2-12-8-14(21)19(20)15(22)9-12/h2-9H,10H2,1H3,(H,23,24,27). The van der Waals surface area contributed by atoms with Gasteiger partial charge < -0.3 is 9.73 Å². The fourth-order valence-corrected chi connectivity index (χ4v) is 2.45. The predicted octanol–water partition coefficient (Wildman–Crippen LogP) is 4.31. The maximum atomic E-state index is 13.4. The molecule has 1 N–H and O–H groups in total. The number of hydrogen-bond acceptors (Lipinski definition) is 4. The lowest BCUT2D eigenvalue weighted by molar-refractivity contribution is -0.111. The second kappa shape index (κ2) is 8.18. The quantitative estimate of drug-likeness (QED) is 0.376. The van der Waals surface area contributed by atoms with Crippen molar-refractivity contribution in [2.75, 3.05) is 5.32 Å². The number of carbonyl (C=O) groups excluding carboxylic acids is 2. The molecule has 2 heterocycles. The molecule has 0 unspecified atom stereocenters. The molecule has 28 heavy (non-hydrogen) atoms. The molecule has 144 valence electrons. The second-order valence-corrected chi connectivity index (χ2v) is 6.22. The van der Waals surface area contributed by atoms with E-state index in [1.54, 1.807) is 24.4 Å². The van der Waals surface area contributed by atoms with E-state index in [2.05, 4.69) is 10.4 Å². The minimum absolute atomic E-state index is 0.152. The first-order chi connectivity index (χ1) is 13.3. The Morgan fingerprint density at radius 3 is 2.61 bits per heavy atom. The summed E-state index contributed by atoms with van der Waals surface area (Å²) in [6, 6.07) is 6.86. The van der Waals surface area contributed by atoms with Gasteiger partial charge in [0.25, 0.3) is 0 Å². The molecule has 0 aliphatic rings. The van der Waals surface area contributed by atoms with Gasteiger partial charge in [0, 0.05) is 25.3 Å². The van der Waals surface area contributed by atoms with Crippen LogP contribution in [0.15, 0.2) is 47.0 Å². The Morgan fingerprint density at radius 1 is 1.25 bits per heavy atom. The molecular weight excluding hydrogens is 392 g/mol. The van der Waals surface area contributed by atoms with Crippen LogP contribution in [0.1, 0.15) is 28.8 Å². The summed E-state index contributed by atoms with van der Waals surface area (Å²) in [5, 5.41) is 6.09. The van der Waals surface area contributed by atoms with E-state index in [0.29, 0.717) is 5.76 Å². The van der Waals surface area contributed by atoms with Gasteiger partial charge in [0.15, 0.2) is 17.4 Å². The van der Waals surface area contributed by atoms with Crippen molar-refractivity contribution >= 4 is 35.2 Å². The molecule has 0 fully saturated rings. The van der Waals surface area contributed by atoms with Crippen LogP contribution in [0.4, 0.5) is 14.6 Å². The first-order valence-electron chi connectivity index (χ1n) is 8.08. The molecule has 1 amide bonds. The number of Topliss-reactive ketones (excluding diaryl/α,β-unsaturated/α-hetero) is 1. The lowest BCUT2D eigenvalue weighted by Crippen LogP contribution is -2.09. The molecule has 2 aromatic heterocycles. The molecule has 0 saturated heterocycles. The van der Waals surface area contributed by atoms with Crippen LogP contribution in [0.25, 0.3) is 6.08 Å². The van der Waals surface area contributed by atoms with E-state index < -0.39 is 22.6 Å². The van der Waals surface area contributed by atoms with E-state index in [0.717, 1.165) is 18.2 Å². The zero-order valence-corrected chi connectivity index (χ0v) is 15.3. The summed E-state index contributed by atoms with van der Waals surface area (Å²) in [7, 11) is 0. The Kier molecular flexibility index (Phi) is 5.70. The molecule has 0 radical (unpaired) electrons. The van der Waals surface area contributed by atoms with Gasteiger partial charge in [-0.1, -0.05) is 11.6 Å². The van der Waals surface area contributed by atoms with Crippen molar-refractivity contribution in [2.24, 2.45) is 0 Å². The summed E-state index contributed by atoms with van der Waals surface area (Å²) < 4.78 is 33.7. The highest BCUT2D eigenvalue weighted by atomic mass is 35.5. The number of nitrogens with zero attached hydrogens (tertiary/aromatic N) is 2. The molecule has 3 aromatic rings. The molecule has 0 bridgehead atoms. The minimum Gasteiger partial charge on any atom is -0.456 e. The van der Waals surface area contributed by atoms with Crippen LogP contribution in [0.5, 0.6) is 0 Å². The number of benzene rings is 1. The van der Waals surface area contributed by atoms with Crippen LogP contribution < -0.4 is 5.32 Å². The van der Waals surface area contributed by atoms with Crippen molar-refractivity contribution in [2.45, 2.75) is 13.5 Å². The fraction of sp³-hybridized carbons (Fsp3) is 0.105. The number of carbonyl (C=O) groups is 2.